The van der Waals surface area contributed by atoms with E-state index in [0.717, 1.165) is 31.0 Å². The largest absolute Gasteiger partial charge is 0.373 e. The number of halogens is 1. The van der Waals surface area contributed by atoms with E-state index in [4.69, 9.17) is 16.3 Å². The molecule has 3 rings (SSSR count). The molecule has 1 unspecified atom stereocenters. The molecule has 3 heterocycles. The van der Waals surface area contributed by atoms with Crippen LogP contribution in [-0.2, 0) is 11.8 Å². The van der Waals surface area contributed by atoms with E-state index in [1.165, 1.54) is 11.3 Å². The van der Waals surface area contributed by atoms with E-state index in [0.29, 0.717) is 10.9 Å². The molecule has 0 amide bonds. The van der Waals surface area contributed by atoms with E-state index in [2.05, 4.69) is 36.2 Å². The maximum atomic E-state index is 6.05. The molecule has 130 valence electrons. The first kappa shape index (κ1) is 17.4. The summed E-state index contributed by atoms with van der Waals surface area (Å²) in [4.78, 5) is 4.39. The Morgan fingerprint density at radius 2 is 2.21 bits per heavy atom. The lowest BCUT2D eigenvalue weighted by molar-refractivity contribution is 0.0888. The quantitative estimate of drug-likeness (QED) is 0.898. The first-order chi connectivity index (χ1) is 11.5. The maximum Gasteiger partial charge on any atom is 0.0901 e. The Morgan fingerprint density at radius 1 is 1.42 bits per heavy atom. The summed E-state index contributed by atoms with van der Waals surface area (Å²) in [5, 5.41) is 8.79. The van der Waals surface area contributed by atoms with Crippen LogP contribution in [0.2, 0.25) is 5.02 Å². The van der Waals surface area contributed by atoms with Crippen molar-refractivity contribution in [3.8, 4) is 0 Å². The van der Waals surface area contributed by atoms with Crippen molar-refractivity contribution in [2.24, 2.45) is 13.0 Å². The molecule has 2 aromatic rings. The number of hydrogen-bond acceptors (Lipinski definition) is 4. The first-order valence-electron chi connectivity index (χ1n) is 8.44. The van der Waals surface area contributed by atoms with Crippen LogP contribution < -0.4 is 5.32 Å². The summed E-state index contributed by atoms with van der Waals surface area (Å²) in [6, 6.07) is 4.03. The molecule has 5 nitrogen and oxygen atoms in total. The molecule has 24 heavy (non-hydrogen) atoms. The molecule has 6 heteroatoms. The van der Waals surface area contributed by atoms with Gasteiger partial charge in [0.05, 0.1) is 22.5 Å². The molecule has 0 bridgehead atoms. The van der Waals surface area contributed by atoms with Gasteiger partial charge in [-0.3, -0.25) is 9.67 Å². The number of aryl methyl sites for hydroxylation is 2. The average Bonchev–Trinajstić information content (AvgIpc) is 3.10. The van der Waals surface area contributed by atoms with E-state index in [-0.39, 0.29) is 12.1 Å². The second kappa shape index (κ2) is 7.21. The molecule has 0 saturated carbocycles. The average molecular weight is 349 g/mol. The van der Waals surface area contributed by atoms with Gasteiger partial charge in [-0.2, -0.15) is 5.10 Å². The van der Waals surface area contributed by atoms with Crippen LogP contribution >= 0.6 is 11.6 Å². The Kier molecular flexibility index (Phi) is 5.23. The standard InChI is InChI=1S/C18H25ClN4O/c1-11(16-6-5-15(19)10-21-16)20-9-14-7-8-24-18(14)17-12(2)22-23(4)13(17)3/h5-6,10-11,14,18,20H,7-9H2,1-4H3/t11?,14-,18+/m1/s1. The third-order valence-corrected chi connectivity index (χ3v) is 5.17. The summed E-state index contributed by atoms with van der Waals surface area (Å²) in [7, 11) is 1.99. The van der Waals surface area contributed by atoms with Gasteiger partial charge in [-0.25, -0.2) is 0 Å². The number of rotatable bonds is 5. The SMILES string of the molecule is Cc1nn(C)c(C)c1[C@H]1OCC[C@@H]1CNC(C)c1ccc(Cl)cn1. The molecule has 1 fully saturated rings. The summed E-state index contributed by atoms with van der Waals surface area (Å²) in [6.45, 7) is 8.00. The van der Waals surface area contributed by atoms with Crippen LogP contribution in [0.3, 0.4) is 0 Å². The fourth-order valence-electron chi connectivity index (χ4n) is 3.44. The molecular weight excluding hydrogens is 324 g/mol. The van der Waals surface area contributed by atoms with Gasteiger partial charge in [-0.05, 0) is 39.3 Å². The smallest absolute Gasteiger partial charge is 0.0901 e. The van der Waals surface area contributed by atoms with Gasteiger partial charge in [0.25, 0.3) is 0 Å². The van der Waals surface area contributed by atoms with E-state index >= 15 is 0 Å². The van der Waals surface area contributed by atoms with Crippen molar-refractivity contribution >= 4 is 11.6 Å². The Labute approximate surface area is 148 Å². The fraction of sp³-hybridized carbons (Fsp3) is 0.556. The summed E-state index contributed by atoms with van der Waals surface area (Å²) in [5.74, 6) is 0.446. The van der Waals surface area contributed by atoms with Crippen molar-refractivity contribution in [1.29, 1.82) is 0 Å². The van der Waals surface area contributed by atoms with Gasteiger partial charge >= 0.3 is 0 Å². The second-order valence-electron chi connectivity index (χ2n) is 6.58. The van der Waals surface area contributed by atoms with Crippen molar-refractivity contribution in [2.45, 2.75) is 39.3 Å². The Morgan fingerprint density at radius 3 is 2.83 bits per heavy atom. The summed E-state index contributed by atoms with van der Waals surface area (Å²) >= 11 is 5.91. The molecule has 0 aliphatic carbocycles. The highest BCUT2D eigenvalue weighted by atomic mass is 35.5. The van der Waals surface area contributed by atoms with Crippen molar-refractivity contribution in [3.63, 3.8) is 0 Å². The maximum absolute atomic E-state index is 6.05. The highest BCUT2D eigenvalue weighted by Gasteiger charge is 2.33. The van der Waals surface area contributed by atoms with E-state index in [1.807, 2.05) is 23.9 Å². The van der Waals surface area contributed by atoms with Crippen molar-refractivity contribution in [3.05, 3.63) is 46.0 Å². The van der Waals surface area contributed by atoms with Crippen LogP contribution in [-0.4, -0.2) is 27.9 Å². The predicted octanol–water partition coefficient (Wildman–Crippen LogP) is 3.51. The molecule has 0 spiro atoms. The van der Waals surface area contributed by atoms with Crippen LogP contribution in [0.5, 0.6) is 0 Å². The van der Waals surface area contributed by atoms with E-state index in [1.54, 1.807) is 6.20 Å². The molecule has 1 N–H and O–H groups in total. The van der Waals surface area contributed by atoms with Crippen LogP contribution in [0.1, 0.15) is 48.1 Å². The zero-order valence-corrected chi connectivity index (χ0v) is 15.5. The zero-order valence-electron chi connectivity index (χ0n) is 14.7. The van der Waals surface area contributed by atoms with Crippen molar-refractivity contribution in [1.82, 2.24) is 20.1 Å². The third kappa shape index (κ3) is 3.48. The molecule has 0 aromatic carbocycles. The highest BCUT2D eigenvalue weighted by Crippen LogP contribution is 2.37. The molecule has 0 radical (unpaired) electrons. The minimum Gasteiger partial charge on any atom is -0.373 e. The van der Waals surface area contributed by atoms with Gasteiger partial charge in [0.1, 0.15) is 0 Å². The molecule has 1 aliphatic heterocycles. The van der Waals surface area contributed by atoms with Gasteiger partial charge < -0.3 is 10.1 Å². The van der Waals surface area contributed by atoms with E-state index in [9.17, 15) is 0 Å². The Hall–Kier alpha value is -1.43. The number of pyridine rings is 1. The van der Waals surface area contributed by atoms with Gasteiger partial charge in [0, 0.05) is 49.6 Å². The zero-order chi connectivity index (χ0) is 17.3. The highest BCUT2D eigenvalue weighted by molar-refractivity contribution is 6.30. The van der Waals surface area contributed by atoms with Gasteiger partial charge in [0.2, 0.25) is 0 Å². The van der Waals surface area contributed by atoms with Crippen molar-refractivity contribution < 1.29 is 4.74 Å². The minimum atomic E-state index is 0.122. The van der Waals surface area contributed by atoms with Crippen LogP contribution in [0.25, 0.3) is 0 Å². The number of aromatic nitrogens is 3. The summed E-state index contributed by atoms with van der Waals surface area (Å²) < 4.78 is 8.00. The lowest BCUT2D eigenvalue weighted by atomic mass is 9.93. The monoisotopic (exact) mass is 348 g/mol. The van der Waals surface area contributed by atoms with Crippen LogP contribution in [0, 0.1) is 19.8 Å². The van der Waals surface area contributed by atoms with Crippen LogP contribution in [0.4, 0.5) is 0 Å². The first-order valence-corrected chi connectivity index (χ1v) is 8.81. The Balaban J connectivity index is 1.67. The van der Waals surface area contributed by atoms with Crippen molar-refractivity contribution in [2.75, 3.05) is 13.2 Å². The third-order valence-electron chi connectivity index (χ3n) is 4.94. The van der Waals surface area contributed by atoms with E-state index < -0.39 is 0 Å². The normalized spacial score (nSPS) is 22.0. The molecule has 2 aromatic heterocycles. The molecule has 3 atom stereocenters. The van der Waals surface area contributed by atoms with Gasteiger partial charge in [-0.1, -0.05) is 11.6 Å². The minimum absolute atomic E-state index is 0.122. The number of nitrogens with one attached hydrogen (secondary N) is 1. The van der Waals surface area contributed by atoms with Crippen LogP contribution in [0.15, 0.2) is 18.3 Å². The molecular formula is C18H25ClN4O. The predicted molar refractivity (Wildman–Crippen MR) is 95.1 cm³/mol. The van der Waals surface area contributed by atoms with Gasteiger partial charge in [-0.15, -0.1) is 0 Å². The topological polar surface area (TPSA) is 52.0 Å². The second-order valence-corrected chi connectivity index (χ2v) is 7.02. The number of nitrogens with zero attached hydrogens (tertiary/aromatic N) is 3. The lowest BCUT2D eigenvalue weighted by Gasteiger charge is -2.22. The lowest BCUT2D eigenvalue weighted by Crippen LogP contribution is -2.28. The number of hydrogen-bond donors (Lipinski definition) is 1. The fourth-order valence-corrected chi connectivity index (χ4v) is 3.55. The molecule has 1 saturated heterocycles. The summed E-state index contributed by atoms with van der Waals surface area (Å²) in [6.07, 6.45) is 2.88. The number of ether oxygens (including phenoxy) is 1. The molecule has 1 aliphatic rings. The Bertz CT molecular complexity index is 698. The van der Waals surface area contributed by atoms with Gasteiger partial charge in [0.15, 0.2) is 0 Å². The summed E-state index contributed by atoms with van der Waals surface area (Å²) in [5.41, 5.74) is 4.51.